The molecular weight excluding hydrogens is 294 g/mol. The van der Waals surface area contributed by atoms with Gasteiger partial charge in [0.1, 0.15) is 16.4 Å². The molecule has 0 fully saturated rings. The number of nitrogens with zero attached hydrogens (tertiary/aromatic N) is 3. The van der Waals surface area contributed by atoms with Gasteiger partial charge in [0.25, 0.3) is 16.0 Å². The molecule has 0 bridgehead atoms. The Balaban J connectivity index is 2.45. The smallest absolute Gasteiger partial charge is 0.268 e. The lowest BCUT2D eigenvalue weighted by Crippen LogP contribution is -2.18. The van der Waals surface area contributed by atoms with Gasteiger partial charge >= 0.3 is 0 Å². The van der Waals surface area contributed by atoms with Crippen LogP contribution < -0.4 is 10.5 Å². The molecule has 0 saturated heterocycles. The van der Waals surface area contributed by atoms with Gasteiger partial charge in [-0.25, -0.2) is 18.1 Å². The second-order valence-corrected chi connectivity index (χ2v) is 6.26. The van der Waals surface area contributed by atoms with E-state index in [0.29, 0.717) is 22.7 Å². The minimum atomic E-state index is -3.88. The molecule has 0 aliphatic rings. The summed E-state index contributed by atoms with van der Waals surface area (Å²) in [6.07, 6.45) is 0. The lowest BCUT2D eigenvalue weighted by atomic mass is 10.2. The van der Waals surface area contributed by atoms with E-state index in [2.05, 4.69) is 19.9 Å². The summed E-state index contributed by atoms with van der Waals surface area (Å²) in [5, 5.41) is 7.57. The van der Waals surface area contributed by atoms with Crippen LogP contribution in [0.4, 0.5) is 5.95 Å². The summed E-state index contributed by atoms with van der Waals surface area (Å²) in [5.74, 6) is 0.672. The molecule has 0 atom stereocenters. The summed E-state index contributed by atoms with van der Waals surface area (Å²) in [5.41, 5.74) is 7.28. The summed E-state index contributed by atoms with van der Waals surface area (Å²) < 4.78 is 32.6. The lowest BCUT2D eigenvalue weighted by molar-refractivity contribution is 0.494. The van der Waals surface area contributed by atoms with Gasteiger partial charge in [-0.15, -0.1) is 5.10 Å². The van der Waals surface area contributed by atoms with E-state index >= 15 is 0 Å². The van der Waals surface area contributed by atoms with Crippen LogP contribution in [0, 0.1) is 27.7 Å². The first kappa shape index (κ1) is 15.4. The largest absolute Gasteiger partial charge is 0.465 e. The molecule has 0 amide bonds. The highest BCUT2D eigenvalue weighted by molar-refractivity contribution is 7.92. The number of rotatable bonds is 4. The van der Waals surface area contributed by atoms with E-state index in [0.717, 1.165) is 0 Å². The van der Waals surface area contributed by atoms with E-state index in [1.165, 1.54) is 0 Å². The van der Waals surface area contributed by atoms with Crippen LogP contribution in [0.15, 0.2) is 9.31 Å². The molecule has 114 valence electrons. The van der Waals surface area contributed by atoms with Crippen molar-refractivity contribution in [2.24, 2.45) is 5.73 Å². The zero-order valence-corrected chi connectivity index (χ0v) is 13.1. The van der Waals surface area contributed by atoms with Crippen molar-refractivity contribution in [3.05, 3.63) is 28.5 Å². The van der Waals surface area contributed by atoms with Gasteiger partial charge in [-0.05, 0) is 27.7 Å². The Morgan fingerprint density at radius 1 is 1.10 bits per heavy atom. The van der Waals surface area contributed by atoms with E-state index < -0.39 is 10.0 Å². The van der Waals surface area contributed by atoms with Crippen LogP contribution in [-0.4, -0.2) is 23.6 Å². The molecule has 21 heavy (non-hydrogen) atoms. The Hall–Kier alpha value is -2.00. The van der Waals surface area contributed by atoms with E-state index in [4.69, 9.17) is 10.2 Å². The van der Waals surface area contributed by atoms with Gasteiger partial charge < -0.3 is 10.2 Å². The quantitative estimate of drug-likeness (QED) is 0.861. The highest BCUT2D eigenvalue weighted by atomic mass is 32.2. The highest BCUT2D eigenvalue weighted by Gasteiger charge is 2.27. The maximum atomic E-state index is 12.5. The molecule has 0 aliphatic carbocycles. The third kappa shape index (κ3) is 2.88. The molecule has 2 aromatic heterocycles. The van der Waals surface area contributed by atoms with E-state index in [1.807, 2.05) is 0 Å². The molecule has 2 rings (SSSR count). The number of aromatic nitrogens is 3. The summed E-state index contributed by atoms with van der Waals surface area (Å²) in [6, 6.07) is 0. The van der Waals surface area contributed by atoms with Gasteiger partial charge in [-0.1, -0.05) is 0 Å². The van der Waals surface area contributed by atoms with Crippen LogP contribution in [0.1, 0.15) is 28.5 Å². The Kier molecular flexibility index (Phi) is 3.97. The average Bonchev–Trinajstić information content (AvgIpc) is 2.68. The van der Waals surface area contributed by atoms with Crippen LogP contribution in [-0.2, 0) is 16.6 Å². The van der Waals surface area contributed by atoms with Crippen molar-refractivity contribution in [1.82, 2.24) is 15.2 Å². The first-order valence-corrected chi connectivity index (χ1v) is 7.74. The number of furan rings is 1. The maximum absolute atomic E-state index is 12.5. The van der Waals surface area contributed by atoms with Gasteiger partial charge in [0, 0.05) is 12.1 Å². The summed E-state index contributed by atoms with van der Waals surface area (Å²) >= 11 is 0. The van der Waals surface area contributed by atoms with Crippen molar-refractivity contribution in [2.45, 2.75) is 39.1 Å². The van der Waals surface area contributed by atoms with Gasteiger partial charge in [0.2, 0.25) is 0 Å². The van der Waals surface area contributed by atoms with Gasteiger partial charge in [0.05, 0.1) is 11.4 Å². The Labute approximate surface area is 122 Å². The third-order valence-corrected chi connectivity index (χ3v) is 4.64. The number of aryl methyl sites for hydroxylation is 4. The molecule has 2 aromatic rings. The number of hydrogen-bond donors (Lipinski definition) is 2. The topological polar surface area (TPSA) is 124 Å². The number of anilines is 1. The summed E-state index contributed by atoms with van der Waals surface area (Å²) in [4.78, 5) is 4.08. The average molecular weight is 311 g/mol. The Morgan fingerprint density at radius 3 is 2.33 bits per heavy atom. The predicted molar refractivity (Wildman–Crippen MR) is 76.2 cm³/mol. The Bertz CT molecular complexity index is 782. The van der Waals surface area contributed by atoms with Crippen LogP contribution in [0.3, 0.4) is 0 Å². The molecule has 0 spiro atoms. The van der Waals surface area contributed by atoms with Crippen LogP contribution in [0.2, 0.25) is 0 Å². The van der Waals surface area contributed by atoms with Crippen molar-refractivity contribution >= 4 is 16.0 Å². The fourth-order valence-electron chi connectivity index (χ4n) is 1.97. The number of nitrogens with one attached hydrogen (secondary N) is 1. The zero-order chi connectivity index (χ0) is 15.8. The first-order chi connectivity index (χ1) is 9.76. The Morgan fingerprint density at radius 2 is 1.76 bits per heavy atom. The minimum absolute atomic E-state index is 0.0318. The summed E-state index contributed by atoms with van der Waals surface area (Å²) in [7, 11) is -3.88. The van der Waals surface area contributed by atoms with E-state index in [9.17, 15) is 8.42 Å². The SMILES string of the molecule is Cc1nnc(NS(=O)(=O)c2c(C)oc(C)c2CN)nc1C. The molecule has 2 heterocycles. The molecule has 0 saturated carbocycles. The molecule has 9 heteroatoms. The number of sulfonamides is 1. The normalized spacial score (nSPS) is 11.7. The highest BCUT2D eigenvalue weighted by Crippen LogP contribution is 2.27. The van der Waals surface area contributed by atoms with Gasteiger partial charge in [-0.2, -0.15) is 5.10 Å². The lowest BCUT2D eigenvalue weighted by Gasteiger charge is -2.08. The van der Waals surface area contributed by atoms with Crippen molar-refractivity contribution in [2.75, 3.05) is 4.72 Å². The number of nitrogens with two attached hydrogens (primary N) is 1. The first-order valence-electron chi connectivity index (χ1n) is 6.26. The van der Waals surface area contributed by atoms with Crippen molar-refractivity contribution in [1.29, 1.82) is 0 Å². The maximum Gasteiger partial charge on any atom is 0.268 e. The molecule has 0 unspecified atom stereocenters. The van der Waals surface area contributed by atoms with Crippen molar-refractivity contribution < 1.29 is 12.8 Å². The molecular formula is C12H17N5O3S. The second kappa shape index (κ2) is 5.41. The number of hydrogen-bond acceptors (Lipinski definition) is 7. The van der Waals surface area contributed by atoms with Crippen molar-refractivity contribution in [3.63, 3.8) is 0 Å². The monoisotopic (exact) mass is 311 g/mol. The van der Waals surface area contributed by atoms with Crippen molar-refractivity contribution in [3.8, 4) is 0 Å². The molecule has 0 aliphatic heterocycles. The van der Waals surface area contributed by atoms with Gasteiger partial charge in [-0.3, -0.25) is 0 Å². The van der Waals surface area contributed by atoms with Crippen LogP contribution in [0.5, 0.6) is 0 Å². The predicted octanol–water partition coefficient (Wildman–Crippen LogP) is 0.958. The standard InChI is InChI=1S/C12H17N5O3S/c1-6-7(2)15-16-12(14-6)17-21(18,19)11-9(4)20-8(3)10(11)5-13/h5,13H2,1-4H3,(H,14,16,17). The molecule has 0 aromatic carbocycles. The van der Waals surface area contributed by atoms with Gasteiger partial charge in [0.15, 0.2) is 0 Å². The molecule has 0 radical (unpaired) electrons. The fraction of sp³-hybridized carbons (Fsp3) is 0.417. The fourth-order valence-corrected chi connectivity index (χ4v) is 3.37. The summed E-state index contributed by atoms with van der Waals surface area (Å²) in [6.45, 7) is 6.76. The molecule has 3 N–H and O–H groups in total. The van der Waals surface area contributed by atoms with E-state index in [1.54, 1.807) is 27.7 Å². The molecule has 8 nitrogen and oxygen atoms in total. The third-order valence-electron chi connectivity index (χ3n) is 3.12. The van der Waals surface area contributed by atoms with Crippen LogP contribution in [0.25, 0.3) is 0 Å². The van der Waals surface area contributed by atoms with Crippen LogP contribution >= 0.6 is 0 Å². The second-order valence-electron chi connectivity index (χ2n) is 4.64. The van der Waals surface area contributed by atoms with E-state index in [-0.39, 0.29) is 23.1 Å². The zero-order valence-electron chi connectivity index (χ0n) is 12.3. The minimum Gasteiger partial charge on any atom is -0.465 e.